The van der Waals surface area contributed by atoms with E-state index in [9.17, 15) is 4.39 Å². The van der Waals surface area contributed by atoms with Gasteiger partial charge in [0.2, 0.25) is 0 Å². The van der Waals surface area contributed by atoms with Crippen LogP contribution in [0.5, 0.6) is 17.2 Å². The molecule has 0 N–H and O–H groups in total. The molecule has 2 rings (SSSR count). The summed E-state index contributed by atoms with van der Waals surface area (Å²) in [5.74, 6) is 0.162. The van der Waals surface area contributed by atoms with Gasteiger partial charge in [-0.25, -0.2) is 4.39 Å². The van der Waals surface area contributed by atoms with Gasteiger partial charge >= 0.3 is 0 Å². The van der Waals surface area contributed by atoms with E-state index in [1.54, 1.807) is 18.2 Å². The first-order valence-electron chi connectivity index (χ1n) is 5.63. The molecule has 0 aliphatic rings. The van der Waals surface area contributed by atoms with Crippen molar-refractivity contribution in [1.82, 2.24) is 0 Å². The van der Waals surface area contributed by atoms with Crippen LogP contribution in [0.3, 0.4) is 0 Å². The summed E-state index contributed by atoms with van der Waals surface area (Å²) >= 11 is 0. The minimum Gasteiger partial charge on any atom is -0.497 e. The first kappa shape index (κ1) is 13.4. The van der Waals surface area contributed by atoms with Crippen molar-refractivity contribution in [3.63, 3.8) is 0 Å². The Labute approximate surface area is 115 Å². The van der Waals surface area contributed by atoms with Crippen LogP contribution in [0, 0.1) is 28.5 Å². The SMILES string of the molecule is COc1cc(C#N)cc(Oc2cccc(F)c2C#N)c1. The van der Waals surface area contributed by atoms with Crippen molar-refractivity contribution < 1.29 is 13.9 Å². The van der Waals surface area contributed by atoms with E-state index >= 15 is 0 Å². The second-order valence-electron chi connectivity index (χ2n) is 3.84. The summed E-state index contributed by atoms with van der Waals surface area (Å²) in [5.41, 5.74) is 0.156. The molecule has 0 fully saturated rings. The second kappa shape index (κ2) is 5.73. The van der Waals surface area contributed by atoms with Crippen LogP contribution in [0.25, 0.3) is 0 Å². The van der Waals surface area contributed by atoms with Crippen molar-refractivity contribution in [2.45, 2.75) is 0 Å². The Balaban J connectivity index is 2.43. The Hall–Kier alpha value is -3.05. The summed E-state index contributed by atoms with van der Waals surface area (Å²) < 4.78 is 24.0. The van der Waals surface area contributed by atoms with Crippen LogP contribution in [0.2, 0.25) is 0 Å². The first-order valence-corrected chi connectivity index (χ1v) is 5.63. The largest absolute Gasteiger partial charge is 0.497 e. The molecule has 0 unspecified atom stereocenters. The predicted octanol–water partition coefficient (Wildman–Crippen LogP) is 3.37. The molecule has 0 radical (unpaired) electrons. The van der Waals surface area contributed by atoms with Crippen molar-refractivity contribution >= 4 is 0 Å². The third-order valence-corrected chi connectivity index (χ3v) is 2.56. The standard InChI is InChI=1S/C15H9FN2O2/c1-19-11-5-10(8-17)6-12(7-11)20-15-4-2-3-14(16)13(15)9-18/h2-7H,1H3. The molecule has 0 amide bonds. The zero-order valence-electron chi connectivity index (χ0n) is 10.6. The Morgan fingerprint density at radius 2 is 1.80 bits per heavy atom. The van der Waals surface area contributed by atoms with E-state index in [-0.39, 0.29) is 11.3 Å². The van der Waals surface area contributed by atoms with Gasteiger partial charge in [-0.2, -0.15) is 10.5 Å². The molecule has 0 spiro atoms. The third-order valence-electron chi connectivity index (χ3n) is 2.56. The van der Waals surface area contributed by atoms with Crippen LogP contribution in [-0.4, -0.2) is 7.11 Å². The number of methoxy groups -OCH3 is 1. The van der Waals surface area contributed by atoms with E-state index in [4.69, 9.17) is 20.0 Å². The molecule has 0 aliphatic carbocycles. The maximum Gasteiger partial charge on any atom is 0.148 e. The van der Waals surface area contributed by atoms with Gasteiger partial charge in [-0.3, -0.25) is 0 Å². The zero-order valence-corrected chi connectivity index (χ0v) is 10.6. The van der Waals surface area contributed by atoms with Gasteiger partial charge in [0.05, 0.1) is 18.7 Å². The number of nitriles is 2. The molecule has 0 saturated carbocycles. The van der Waals surface area contributed by atoms with E-state index in [1.165, 1.54) is 31.4 Å². The maximum atomic E-state index is 13.5. The highest BCUT2D eigenvalue weighted by molar-refractivity contribution is 5.49. The fraction of sp³-hybridized carbons (Fsp3) is 0.0667. The summed E-state index contributed by atoms with van der Waals surface area (Å²) in [5, 5.41) is 17.9. The van der Waals surface area contributed by atoms with Gasteiger partial charge < -0.3 is 9.47 Å². The monoisotopic (exact) mass is 268 g/mol. The molecule has 4 nitrogen and oxygen atoms in total. The smallest absolute Gasteiger partial charge is 0.148 e. The third kappa shape index (κ3) is 2.68. The Bertz CT molecular complexity index is 730. The zero-order chi connectivity index (χ0) is 14.5. The molecular formula is C15H9FN2O2. The lowest BCUT2D eigenvalue weighted by Crippen LogP contribution is -1.93. The lowest BCUT2D eigenvalue weighted by atomic mass is 10.2. The minimum absolute atomic E-state index is 0.0876. The molecule has 0 saturated heterocycles. The van der Waals surface area contributed by atoms with Gasteiger partial charge in [-0.05, 0) is 24.3 Å². The van der Waals surface area contributed by atoms with Crippen LogP contribution in [0.15, 0.2) is 36.4 Å². The molecule has 0 atom stereocenters. The summed E-state index contributed by atoms with van der Waals surface area (Å²) in [7, 11) is 1.46. The molecule has 0 aromatic heterocycles. The van der Waals surface area contributed by atoms with Crippen molar-refractivity contribution in [1.29, 1.82) is 10.5 Å². The molecule has 0 aliphatic heterocycles. The van der Waals surface area contributed by atoms with Gasteiger partial charge in [-0.1, -0.05) is 6.07 Å². The Kier molecular flexibility index (Phi) is 3.83. The highest BCUT2D eigenvalue weighted by Gasteiger charge is 2.11. The Morgan fingerprint density at radius 3 is 2.45 bits per heavy atom. The summed E-state index contributed by atoms with van der Waals surface area (Å²) in [6.07, 6.45) is 0. The second-order valence-corrected chi connectivity index (χ2v) is 3.84. The molecule has 2 aromatic rings. The van der Waals surface area contributed by atoms with E-state index in [2.05, 4.69) is 0 Å². The van der Waals surface area contributed by atoms with E-state index in [0.717, 1.165) is 0 Å². The van der Waals surface area contributed by atoms with Crippen molar-refractivity contribution in [2.24, 2.45) is 0 Å². The van der Waals surface area contributed by atoms with Crippen LogP contribution in [0.4, 0.5) is 4.39 Å². The van der Waals surface area contributed by atoms with Crippen LogP contribution >= 0.6 is 0 Å². The van der Waals surface area contributed by atoms with Crippen molar-refractivity contribution in [2.75, 3.05) is 7.11 Å². The summed E-state index contributed by atoms with van der Waals surface area (Å²) in [4.78, 5) is 0. The van der Waals surface area contributed by atoms with Gasteiger partial charge in [0.15, 0.2) is 0 Å². The normalized spacial score (nSPS) is 9.40. The fourth-order valence-electron chi connectivity index (χ4n) is 1.64. The molecular weight excluding hydrogens is 259 g/mol. The minimum atomic E-state index is -0.659. The van der Waals surface area contributed by atoms with Gasteiger partial charge in [-0.15, -0.1) is 0 Å². The first-order chi connectivity index (χ1) is 9.67. The number of hydrogen-bond donors (Lipinski definition) is 0. The van der Waals surface area contributed by atoms with E-state index < -0.39 is 5.82 Å². The quantitative estimate of drug-likeness (QED) is 0.855. The van der Waals surface area contributed by atoms with Gasteiger partial charge in [0.25, 0.3) is 0 Å². The number of rotatable bonds is 3. The molecule has 0 heterocycles. The molecule has 0 bridgehead atoms. The molecule has 5 heteroatoms. The number of benzene rings is 2. The van der Waals surface area contributed by atoms with E-state index in [0.29, 0.717) is 17.1 Å². The number of halogens is 1. The number of ether oxygens (including phenoxy) is 2. The average Bonchev–Trinajstić information content (AvgIpc) is 2.47. The van der Waals surface area contributed by atoms with Crippen molar-refractivity contribution in [3.8, 4) is 29.4 Å². The summed E-state index contributed by atoms with van der Waals surface area (Å²) in [6, 6.07) is 12.4. The molecule has 20 heavy (non-hydrogen) atoms. The average molecular weight is 268 g/mol. The van der Waals surface area contributed by atoms with Crippen LogP contribution in [0.1, 0.15) is 11.1 Å². The van der Waals surface area contributed by atoms with Crippen LogP contribution in [-0.2, 0) is 0 Å². The van der Waals surface area contributed by atoms with Gasteiger partial charge in [0.1, 0.15) is 34.7 Å². The lowest BCUT2D eigenvalue weighted by Gasteiger charge is -2.09. The highest BCUT2D eigenvalue weighted by Crippen LogP contribution is 2.30. The van der Waals surface area contributed by atoms with Crippen LogP contribution < -0.4 is 9.47 Å². The Morgan fingerprint density at radius 1 is 1.05 bits per heavy atom. The predicted molar refractivity (Wildman–Crippen MR) is 68.9 cm³/mol. The molecule has 98 valence electrons. The van der Waals surface area contributed by atoms with Crippen molar-refractivity contribution in [3.05, 3.63) is 53.3 Å². The highest BCUT2D eigenvalue weighted by atomic mass is 19.1. The molecule has 2 aromatic carbocycles. The maximum absolute atomic E-state index is 13.5. The number of nitrogens with zero attached hydrogens (tertiary/aromatic N) is 2. The topological polar surface area (TPSA) is 66.0 Å². The lowest BCUT2D eigenvalue weighted by molar-refractivity contribution is 0.408. The summed E-state index contributed by atoms with van der Waals surface area (Å²) in [6.45, 7) is 0. The van der Waals surface area contributed by atoms with Gasteiger partial charge in [0, 0.05) is 6.07 Å². The fourth-order valence-corrected chi connectivity index (χ4v) is 1.64. The van der Waals surface area contributed by atoms with E-state index in [1.807, 2.05) is 6.07 Å². The number of hydrogen-bond acceptors (Lipinski definition) is 4.